The van der Waals surface area contributed by atoms with Crippen LogP contribution in [0.3, 0.4) is 0 Å². The monoisotopic (exact) mass is 146 g/mol. The van der Waals surface area contributed by atoms with Crippen molar-refractivity contribution in [3.8, 4) is 0 Å². The van der Waals surface area contributed by atoms with Crippen LogP contribution in [-0.2, 0) is 19.1 Å². The maximum Gasteiger partial charge on any atom is 0.308 e. The Balaban J connectivity index is 3.20. The SMILES string of the molecule is CCC(=O)OCOC(C)=O. The number of carbonyl (C=O) groups excluding carboxylic acids is 2. The number of carbonyl (C=O) groups is 2. The summed E-state index contributed by atoms with van der Waals surface area (Å²) < 4.78 is 8.75. The predicted octanol–water partition coefficient (Wildman–Crippen LogP) is 0.460. The van der Waals surface area contributed by atoms with E-state index in [1.54, 1.807) is 6.92 Å². The van der Waals surface area contributed by atoms with E-state index in [0.717, 1.165) is 0 Å². The molecular weight excluding hydrogens is 136 g/mol. The molecule has 0 amide bonds. The number of rotatable bonds is 3. The molecule has 0 N–H and O–H groups in total. The van der Waals surface area contributed by atoms with E-state index in [1.807, 2.05) is 0 Å². The highest BCUT2D eigenvalue weighted by molar-refractivity contribution is 5.69. The van der Waals surface area contributed by atoms with Crippen LogP contribution in [0, 0.1) is 0 Å². The Hall–Kier alpha value is -1.06. The average molecular weight is 146 g/mol. The molecule has 0 rings (SSSR count). The second-order valence-electron chi connectivity index (χ2n) is 1.62. The number of hydrogen-bond acceptors (Lipinski definition) is 4. The molecule has 58 valence electrons. The van der Waals surface area contributed by atoms with Gasteiger partial charge in [-0.05, 0) is 0 Å². The summed E-state index contributed by atoms with van der Waals surface area (Å²) in [5.74, 6) is -0.829. The Morgan fingerprint density at radius 3 is 2.30 bits per heavy atom. The predicted molar refractivity (Wildman–Crippen MR) is 33.0 cm³/mol. The van der Waals surface area contributed by atoms with Crippen LogP contribution in [0.4, 0.5) is 0 Å². The van der Waals surface area contributed by atoms with Crippen molar-refractivity contribution < 1.29 is 19.1 Å². The van der Waals surface area contributed by atoms with Crippen LogP contribution in [0.25, 0.3) is 0 Å². The van der Waals surface area contributed by atoms with Crippen LogP contribution in [0.15, 0.2) is 0 Å². The van der Waals surface area contributed by atoms with Gasteiger partial charge in [0.1, 0.15) is 0 Å². The van der Waals surface area contributed by atoms with E-state index in [2.05, 4.69) is 9.47 Å². The van der Waals surface area contributed by atoms with Crippen molar-refractivity contribution in [3.05, 3.63) is 0 Å². The van der Waals surface area contributed by atoms with Crippen molar-refractivity contribution in [3.63, 3.8) is 0 Å². The Bertz CT molecular complexity index is 130. The van der Waals surface area contributed by atoms with E-state index in [-0.39, 0.29) is 12.8 Å². The lowest BCUT2D eigenvalue weighted by atomic mass is 10.5. The molecule has 0 saturated heterocycles. The largest absolute Gasteiger partial charge is 0.428 e. The second-order valence-corrected chi connectivity index (χ2v) is 1.62. The fourth-order valence-electron chi connectivity index (χ4n) is 0.280. The molecule has 0 heterocycles. The summed E-state index contributed by atoms with van der Waals surface area (Å²) in [6.45, 7) is 2.64. The molecule has 0 fully saturated rings. The topological polar surface area (TPSA) is 52.6 Å². The van der Waals surface area contributed by atoms with Crippen molar-refractivity contribution in [1.29, 1.82) is 0 Å². The first-order chi connectivity index (χ1) is 4.66. The van der Waals surface area contributed by atoms with Crippen molar-refractivity contribution in [2.75, 3.05) is 6.79 Å². The van der Waals surface area contributed by atoms with Crippen LogP contribution in [-0.4, -0.2) is 18.7 Å². The fraction of sp³-hybridized carbons (Fsp3) is 0.667. The van der Waals surface area contributed by atoms with Gasteiger partial charge in [-0.2, -0.15) is 0 Å². The van der Waals surface area contributed by atoms with Crippen LogP contribution >= 0.6 is 0 Å². The van der Waals surface area contributed by atoms with E-state index in [4.69, 9.17) is 0 Å². The first-order valence-corrected chi connectivity index (χ1v) is 2.95. The fourth-order valence-corrected chi connectivity index (χ4v) is 0.280. The third-order valence-corrected chi connectivity index (χ3v) is 0.771. The number of esters is 2. The Morgan fingerprint density at radius 1 is 1.30 bits per heavy atom. The van der Waals surface area contributed by atoms with Gasteiger partial charge in [-0.15, -0.1) is 0 Å². The lowest BCUT2D eigenvalue weighted by Gasteiger charge is -2.01. The average Bonchev–Trinajstić information content (AvgIpc) is 1.87. The quantitative estimate of drug-likeness (QED) is 0.428. The van der Waals surface area contributed by atoms with Crippen molar-refractivity contribution in [2.45, 2.75) is 20.3 Å². The maximum atomic E-state index is 10.4. The zero-order valence-electron chi connectivity index (χ0n) is 6.05. The lowest BCUT2D eigenvalue weighted by molar-refractivity contribution is -0.165. The van der Waals surface area contributed by atoms with E-state index in [9.17, 15) is 9.59 Å². The molecule has 0 aliphatic heterocycles. The minimum absolute atomic E-state index is 0.276. The van der Waals surface area contributed by atoms with Gasteiger partial charge >= 0.3 is 11.9 Å². The summed E-state index contributed by atoms with van der Waals surface area (Å²) in [6.07, 6.45) is 0.293. The molecule has 4 nitrogen and oxygen atoms in total. The molecule has 0 aliphatic carbocycles. The van der Waals surface area contributed by atoms with E-state index < -0.39 is 5.97 Å². The highest BCUT2D eigenvalue weighted by Crippen LogP contribution is 1.84. The standard InChI is InChI=1S/C6H10O4/c1-3-6(8)10-4-9-5(2)7/h3-4H2,1-2H3. The van der Waals surface area contributed by atoms with Gasteiger partial charge in [0.2, 0.25) is 6.79 Å². The minimum atomic E-state index is -0.455. The third kappa shape index (κ3) is 5.08. The molecule has 4 heteroatoms. The van der Waals surface area contributed by atoms with E-state index >= 15 is 0 Å². The molecular formula is C6H10O4. The molecule has 10 heavy (non-hydrogen) atoms. The van der Waals surface area contributed by atoms with Gasteiger partial charge in [0.15, 0.2) is 0 Å². The van der Waals surface area contributed by atoms with Gasteiger partial charge < -0.3 is 9.47 Å². The smallest absolute Gasteiger partial charge is 0.308 e. The number of hydrogen-bond donors (Lipinski definition) is 0. The molecule has 0 atom stereocenters. The number of ether oxygens (including phenoxy) is 2. The third-order valence-electron chi connectivity index (χ3n) is 0.771. The molecule has 0 aromatic carbocycles. The summed E-state index contributed by atoms with van der Waals surface area (Å²) in [5.41, 5.74) is 0. The summed E-state index contributed by atoms with van der Waals surface area (Å²) in [5, 5.41) is 0. The zero-order valence-corrected chi connectivity index (χ0v) is 6.05. The normalized spacial score (nSPS) is 8.60. The van der Waals surface area contributed by atoms with Gasteiger partial charge in [0.05, 0.1) is 0 Å². The van der Waals surface area contributed by atoms with Crippen LogP contribution in [0.1, 0.15) is 20.3 Å². The Morgan fingerprint density at radius 2 is 1.90 bits per heavy atom. The van der Waals surface area contributed by atoms with Crippen molar-refractivity contribution in [2.24, 2.45) is 0 Å². The van der Waals surface area contributed by atoms with Crippen molar-refractivity contribution in [1.82, 2.24) is 0 Å². The van der Waals surface area contributed by atoms with Crippen LogP contribution in [0.2, 0.25) is 0 Å². The summed E-state index contributed by atoms with van der Waals surface area (Å²) in [7, 11) is 0. The van der Waals surface area contributed by atoms with E-state index in [0.29, 0.717) is 6.42 Å². The Labute approximate surface area is 59.1 Å². The van der Waals surface area contributed by atoms with Crippen LogP contribution in [0.5, 0.6) is 0 Å². The minimum Gasteiger partial charge on any atom is -0.428 e. The molecule has 0 aromatic rings. The lowest BCUT2D eigenvalue weighted by Crippen LogP contribution is -2.09. The first-order valence-electron chi connectivity index (χ1n) is 2.95. The second kappa shape index (κ2) is 4.78. The van der Waals surface area contributed by atoms with Gasteiger partial charge in [0.25, 0.3) is 0 Å². The van der Waals surface area contributed by atoms with Gasteiger partial charge in [-0.3, -0.25) is 9.59 Å². The summed E-state index contributed by atoms with van der Waals surface area (Å²) >= 11 is 0. The molecule has 0 radical (unpaired) electrons. The maximum absolute atomic E-state index is 10.4. The molecule has 0 bridgehead atoms. The van der Waals surface area contributed by atoms with Crippen molar-refractivity contribution >= 4 is 11.9 Å². The molecule has 0 unspecified atom stereocenters. The zero-order chi connectivity index (χ0) is 7.98. The first kappa shape index (κ1) is 8.94. The Kier molecular flexibility index (Phi) is 4.28. The molecule has 0 aromatic heterocycles. The van der Waals surface area contributed by atoms with Crippen LogP contribution < -0.4 is 0 Å². The summed E-state index contributed by atoms with van der Waals surface area (Å²) in [4.78, 5) is 20.5. The van der Waals surface area contributed by atoms with Gasteiger partial charge in [-0.25, -0.2) is 0 Å². The molecule has 0 saturated carbocycles. The molecule has 0 spiro atoms. The van der Waals surface area contributed by atoms with Gasteiger partial charge in [-0.1, -0.05) is 6.92 Å². The van der Waals surface area contributed by atoms with Gasteiger partial charge in [0, 0.05) is 13.3 Å². The molecule has 0 aliphatic rings. The highest BCUT2D eigenvalue weighted by Gasteiger charge is 1.97. The highest BCUT2D eigenvalue weighted by atomic mass is 16.7. The van der Waals surface area contributed by atoms with E-state index in [1.165, 1.54) is 6.92 Å². The summed E-state index contributed by atoms with van der Waals surface area (Å²) in [6, 6.07) is 0.